The maximum absolute atomic E-state index is 5.45. The van der Waals surface area contributed by atoms with Crippen molar-refractivity contribution in [2.45, 2.75) is 13.1 Å². The molecule has 0 aliphatic rings. The van der Waals surface area contributed by atoms with Gasteiger partial charge in [0.25, 0.3) is 0 Å². The van der Waals surface area contributed by atoms with Gasteiger partial charge in [0.15, 0.2) is 11.5 Å². The standard InChI is InChI=1S/C15H19NO3S/c1-17-13-5-4-12(14(18-2)15(13)19-3)9-16-8-11-6-7-20-10-11/h4-7,10,16H,8-9H2,1-3H3. The molecule has 2 rings (SSSR count). The third-order valence-corrected chi connectivity index (χ3v) is 3.74. The smallest absolute Gasteiger partial charge is 0.203 e. The first-order valence-corrected chi connectivity index (χ1v) is 7.24. The summed E-state index contributed by atoms with van der Waals surface area (Å²) >= 11 is 1.70. The van der Waals surface area contributed by atoms with Gasteiger partial charge in [0.2, 0.25) is 5.75 Å². The van der Waals surface area contributed by atoms with E-state index in [1.54, 1.807) is 32.7 Å². The molecule has 0 aliphatic heterocycles. The van der Waals surface area contributed by atoms with Crippen LogP contribution in [-0.2, 0) is 13.1 Å². The fraction of sp³-hybridized carbons (Fsp3) is 0.333. The lowest BCUT2D eigenvalue weighted by Crippen LogP contribution is -2.13. The first kappa shape index (κ1) is 14.7. The molecule has 1 aromatic heterocycles. The topological polar surface area (TPSA) is 39.7 Å². The van der Waals surface area contributed by atoms with Gasteiger partial charge in [-0.3, -0.25) is 0 Å². The first-order valence-electron chi connectivity index (χ1n) is 6.29. The summed E-state index contributed by atoms with van der Waals surface area (Å²) in [5.41, 5.74) is 2.33. The van der Waals surface area contributed by atoms with Crippen LogP contribution in [0.5, 0.6) is 17.2 Å². The van der Waals surface area contributed by atoms with Crippen LogP contribution in [0.4, 0.5) is 0 Å². The van der Waals surface area contributed by atoms with Crippen LogP contribution in [0.3, 0.4) is 0 Å². The van der Waals surface area contributed by atoms with Gasteiger partial charge in [0, 0.05) is 18.7 Å². The molecule has 5 heteroatoms. The molecule has 20 heavy (non-hydrogen) atoms. The molecule has 0 bridgehead atoms. The third-order valence-electron chi connectivity index (χ3n) is 3.01. The number of rotatable bonds is 7. The largest absolute Gasteiger partial charge is 0.493 e. The summed E-state index contributed by atoms with van der Waals surface area (Å²) in [6, 6.07) is 5.99. The SMILES string of the molecule is COc1ccc(CNCc2ccsc2)c(OC)c1OC. The highest BCUT2D eigenvalue weighted by Gasteiger charge is 2.15. The van der Waals surface area contributed by atoms with Crippen LogP contribution < -0.4 is 19.5 Å². The van der Waals surface area contributed by atoms with Gasteiger partial charge in [0.05, 0.1) is 21.3 Å². The van der Waals surface area contributed by atoms with Crippen molar-refractivity contribution in [3.8, 4) is 17.2 Å². The first-order chi connectivity index (χ1) is 9.80. The average Bonchev–Trinajstić information content (AvgIpc) is 2.99. The Morgan fingerprint density at radius 1 is 0.950 bits per heavy atom. The van der Waals surface area contributed by atoms with E-state index in [9.17, 15) is 0 Å². The molecule has 0 unspecified atom stereocenters. The summed E-state index contributed by atoms with van der Waals surface area (Å²) in [5, 5.41) is 7.61. The number of hydrogen-bond acceptors (Lipinski definition) is 5. The van der Waals surface area contributed by atoms with Gasteiger partial charge >= 0.3 is 0 Å². The summed E-state index contributed by atoms with van der Waals surface area (Å²) < 4.78 is 16.1. The van der Waals surface area contributed by atoms with Crippen LogP contribution in [0.1, 0.15) is 11.1 Å². The molecule has 0 saturated heterocycles. The summed E-state index contributed by atoms with van der Waals surface area (Å²) in [5.74, 6) is 2.01. The zero-order chi connectivity index (χ0) is 14.4. The van der Waals surface area contributed by atoms with Crippen molar-refractivity contribution in [3.63, 3.8) is 0 Å². The van der Waals surface area contributed by atoms with Crippen molar-refractivity contribution in [1.82, 2.24) is 5.32 Å². The fourth-order valence-electron chi connectivity index (χ4n) is 2.04. The number of nitrogens with one attached hydrogen (secondary N) is 1. The highest BCUT2D eigenvalue weighted by atomic mass is 32.1. The van der Waals surface area contributed by atoms with Crippen molar-refractivity contribution in [3.05, 3.63) is 40.1 Å². The van der Waals surface area contributed by atoms with Crippen molar-refractivity contribution in [2.24, 2.45) is 0 Å². The van der Waals surface area contributed by atoms with Gasteiger partial charge in [-0.25, -0.2) is 0 Å². The lowest BCUT2D eigenvalue weighted by molar-refractivity contribution is 0.321. The molecule has 0 spiro atoms. The second kappa shape index (κ2) is 7.17. The number of methoxy groups -OCH3 is 3. The van der Waals surface area contributed by atoms with Crippen LogP contribution in [0, 0.1) is 0 Å². The molecule has 1 N–H and O–H groups in total. The Morgan fingerprint density at radius 2 is 1.75 bits per heavy atom. The monoisotopic (exact) mass is 293 g/mol. The summed E-state index contributed by atoms with van der Waals surface area (Å²) in [7, 11) is 4.87. The van der Waals surface area contributed by atoms with Crippen LogP contribution >= 0.6 is 11.3 Å². The van der Waals surface area contributed by atoms with Crippen molar-refractivity contribution < 1.29 is 14.2 Å². The molecule has 108 valence electrons. The number of benzene rings is 1. The Balaban J connectivity index is 2.10. The molecule has 0 radical (unpaired) electrons. The van der Waals surface area contributed by atoms with E-state index in [-0.39, 0.29) is 0 Å². The molecule has 0 saturated carbocycles. The van der Waals surface area contributed by atoms with Crippen molar-refractivity contribution >= 4 is 11.3 Å². The van der Waals surface area contributed by atoms with E-state index >= 15 is 0 Å². The minimum atomic E-state index is 0.629. The van der Waals surface area contributed by atoms with Gasteiger partial charge in [-0.05, 0) is 28.5 Å². The quantitative estimate of drug-likeness (QED) is 0.851. The lowest BCUT2D eigenvalue weighted by Gasteiger charge is -2.16. The lowest BCUT2D eigenvalue weighted by atomic mass is 10.1. The molecule has 0 aliphatic carbocycles. The predicted molar refractivity (Wildman–Crippen MR) is 81.0 cm³/mol. The minimum Gasteiger partial charge on any atom is -0.493 e. The minimum absolute atomic E-state index is 0.629. The summed E-state index contributed by atoms with van der Waals surface area (Å²) in [6.45, 7) is 1.54. The Kier molecular flexibility index (Phi) is 5.26. The molecule has 2 aromatic rings. The highest BCUT2D eigenvalue weighted by molar-refractivity contribution is 7.07. The third kappa shape index (κ3) is 3.23. The van der Waals surface area contributed by atoms with Crippen LogP contribution in [0.2, 0.25) is 0 Å². The van der Waals surface area contributed by atoms with E-state index in [1.807, 2.05) is 12.1 Å². The zero-order valence-electron chi connectivity index (χ0n) is 11.9. The van der Waals surface area contributed by atoms with E-state index < -0.39 is 0 Å². The number of ether oxygens (including phenoxy) is 3. The maximum Gasteiger partial charge on any atom is 0.203 e. The average molecular weight is 293 g/mol. The second-order valence-electron chi connectivity index (χ2n) is 4.23. The van der Waals surface area contributed by atoms with Gasteiger partial charge < -0.3 is 19.5 Å². The predicted octanol–water partition coefficient (Wildman–Crippen LogP) is 3.06. The van der Waals surface area contributed by atoms with Gasteiger partial charge in [-0.15, -0.1) is 0 Å². The summed E-state index contributed by atoms with van der Waals surface area (Å²) in [4.78, 5) is 0. The molecule has 0 amide bonds. The van der Waals surface area contributed by atoms with Gasteiger partial charge in [-0.1, -0.05) is 6.07 Å². The fourth-order valence-corrected chi connectivity index (χ4v) is 2.71. The molecule has 0 fully saturated rings. The Labute approximate surface area is 123 Å². The molecular weight excluding hydrogens is 274 g/mol. The van der Waals surface area contributed by atoms with E-state index in [0.717, 1.165) is 12.1 Å². The Hall–Kier alpha value is -1.72. The van der Waals surface area contributed by atoms with Gasteiger partial charge in [0.1, 0.15) is 0 Å². The van der Waals surface area contributed by atoms with E-state index in [4.69, 9.17) is 14.2 Å². The van der Waals surface area contributed by atoms with Gasteiger partial charge in [-0.2, -0.15) is 11.3 Å². The highest BCUT2D eigenvalue weighted by Crippen LogP contribution is 2.39. The number of hydrogen-bond donors (Lipinski definition) is 1. The molecular formula is C15H19NO3S. The van der Waals surface area contributed by atoms with Crippen LogP contribution in [-0.4, -0.2) is 21.3 Å². The Morgan fingerprint density at radius 3 is 2.35 bits per heavy atom. The Bertz CT molecular complexity index is 540. The van der Waals surface area contributed by atoms with E-state index in [0.29, 0.717) is 23.8 Å². The molecule has 0 atom stereocenters. The van der Waals surface area contributed by atoms with Crippen molar-refractivity contribution in [2.75, 3.05) is 21.3 Å². The molecule has 1 aromatic carbocycles. The van der Waals surface area contributed by atoms with Crippen LogP contribution in [0.25, 0.3) is 0 Å². The maximum atomic E-state index is 5.45. The zero-order valence-corrected chi connectivity index (χ0v) is 12.8. The normalized spacial score (nSPS) is 10.3. The molecule has 4 nitrogen and oxygen atoms in total. The second-order valence-corrected chi connectivity index (χ2v) is 5.01. The number of thiophene rings is 1. The summed E-state index contributed by atoms with van der Waals surface area (Å²) in [6.07, 6.45) is 0. The molecule has 1 heterocycles. The van der Waals surface area contributed by atoms with Crippen molar-refractivity contribution in [1.29, 1.82) is 0 Å². The van der Waals surface area contributed by atoms with Crippen LogP contribution in [0.15, 0.2) is 29.0 Å². The van der Waals surface area contributed by atoms with E-state index in [1.165, 1.54) is 5.56 Å². The van der Waals surface area contributed by atoms with E-state index in [2.05, 4.69) is 22.1 Å².